The molecule has 0 unspecified atom stereocenters. The van der Waals surface area contributed by atoms with E-state index >= 15 is 0 Å². The third kappa shape index (κ3) is 4.32. The number of halogens is 1. The van der Waals surface area contributed by atoms with Crippen molar-refractivity contribution < 1.29 is 17.9 Å². The second-order valence-electron chi connectivity index (χ2n) is 5.88. The number of hydrogen-bond acceptors (Lipinski definition) is 4. The van der Waals surface area contributed by atoms with E-state index in [4.69, 9.17) is 16.3 Å². The van der Waals surface area contributed by atoms with Crippen molar-refractivity contribution >= 4 is 38.5 Å². The Hall–Kier alpha value is -2.35. The number of carbonyl (C=O) groups excluding carboxylic acids is 1. The van der Waals surface area contributed by atoms with E-state index < -0.39 is 16.0 Å². The molecule has 0 saturated heterocycles. The van der Waals surface area contributed by atoms with Crippen molar-refractivity contribution in [3.63, 3.8) is 0 Å². The van der Waals surface area contributed by atoms with Gasteiger partial charge in [-0.1, -0.05) is 41.9 Å². The highest BCUT2D eigenvalue weighted by molar-refractivity contribution is 7.89. The number of esters is 1. The molecule has 0 amide bonds. The molecule has 2 aromatic carbocycles. The number of carbonyl (C=O) groups is 1. The zero-order valence-electron chi connectivity index (χ0n) is 14.7. The quantitative estimate of drug-likeness (QED) is 0.587. The number of sulfonamides is 1. The molecule has 0 saturated carbocycles. The highest BCUT2D eigenvalue weighted by Gasteiger charge is 2.20. The van der Waals surface area contributed by atoms with Gasteiger partial charge in [0.05, 0.1) is 16.5 Å². The molecule has 142 valence electrons. The van der Waals surface area contributed by atoms with Gasteiger partial charge in [-0.15, -0.1) is 0 Å². The number of hydrogen-bond donors (Lipinski definition) is 2. The predicted molar refractivity (Wildman–Crippen MR) is 105 cm³/mol. The van der Waals surface area contributed by atoms with Crippen LogP contribution < -0.4 is 4.72 Å². The molecule has 0 fully saturated rings. The summed E-state index contributed by atoms with van der Waals surface area (Å²) in [7, 11) is -3.70. The number of H-pyrrole nitrogens is 1. The molecule has 1 aromatic heterocycles. The smallest absolute Gasteiger partial charge is 0.356 e. The molecule has 6 nitrogen and oxygen atoms in total. The fraction of sp³-hybridized carbons (Fsp3) is 0.211. The Balaban J connectivity index is 1.81. The summed E-state index contributed by atoms with van der Waals surface area (Å²) < 4.78 is 32.7. The van der Waals surface area contributed by atoms with Crippen LogP contribution in [0.5, 0.6) is 0 Å². The largest absolute Gasteiger partial charge is 0.461 e. The Bertz CT molecular complexity index is 1060. The Labute approximate surface area is 162 Å². The average Bonchev–Trinajstić information content (AvgIpc) is 2.99. The summed E-state index contributed by atoms with van der Waals surface area (Å²) >= 11 is 6.25. The Morgan fingerprint density at radius 3 is 2.63 bits per heavy atom. The Kier molecular flexibility index (Phi) is 5.84. The number of ether oxygens (including phenoxy) is 1. The van der Waals surface area contributed by atoms with Gasteiger partial charge in [0.1, 0.15) is 5.69 Å². The summed E-state index contributed by atoms with van der Waals surface area (Å²) in [6.45, 7) is 2.19. The molecule has 0 spiro atoms. The normalized spacial score (nSPS) is 11.6. The average molecular weight is 407 g/mol. The number of fused-ring (bicyclic) bond motifs is 1. The first-order valence-corrected chi connectivity index (χ1v) is 10.3. The summed E-state index contributed by atoms with van der Waals surface area (Å²) in [6, 6.07) is 14.1. The van der Waals surface area contributed by atoms with Crippen molar-refractivity contribution in [2.24, 2.45) is 0 Å². The molecular formula is C19H19ClN2O4S. The van der Waals surface area contributed by atoms with Crippen molar-refractivity contribution in [2.75, 3.05) is 13.2 Å². The first-order chi connectivity index (χ1) is 12.9. The van der Waals surface area contributed by atoms with Crippen LogP contribution >= 0.6 is 11.6 Å². The lowest BCUT2D eigenvalue weighted by Crippen LogP contribution is -2.25. The van der Waals surface area contributed by atoms with Crippen LogP contribution in [0.15, 0.2) is 53.4 Å². The van der Waals surface area contributed by atoms with Gasteiger partial charge in [0, 0.05) is 17.4 Å². The van der Waals surface area contributed by atoms with Crippen LogP contribution in [0.25, 0.3) is 10.9 Å². The van der Waals surface area contributed by atoms with Crippen LogP contribution in [0.2, 0.25) is 5.02 Å². The van der Waals surface area contributed by atoms with Crippen molar-refractivity contribution in [1.29, 1.82) is 0 Å². The molecule has 1 heterocycles. The number of nitrogens with one attached hydrogen (secondary N) is 2. The third-order valence-electron chi connectivity index (χ3n) is 4.05. The third-order valence-corrected chi connectivity index (χ3v) is 5.90. The minimum atomic E-state index is -3.70. The van der Waals surface area contributed by atoms with E-state index in [0.717, 1.165) is 5.56 Å². The highest BCUT2D eigenvalue weighted by atomic mass is 35.5. The molecule has 0 radical (unpaired) electrons. The van der Waals surface area contributed by atoms with Gasteiger partial charge in [0.2, 0.25) is 10.0 Å². The van der Waals surface area contributed by atoms with E-state index in [2.05, 4.69) is 9.71 Å². The van der Waals surface area contributed by atoms with Gasteiger partial charge in [0.25, 0.3) is 0 Å². The van der Waals surface area contributed by atoms with Gasteiger partial charge in [-0.25, -0.2) is 17.9 Å². The van der Waals surface area contributed by atoms with Crippen LogP contribution in [-0.4, -0.2) is 32.5 Å². The van der Waals surface area contributed by atoms with Gasteiger partial charge in [-0.05, 0) is 37.1 Å². The molecule has 2 N–H and O–H groups in total. The van der Waals surface area contributed by atoms with Crippen LogP contribution in [0.1, 0.15) is 23.0 Å². The van der Waals surface area contributed by atoms with Crippen LogP contribution in [0.3, 0.4) is 0 Å². The molecule has 0 atom stereocenters. The van der Waals surface area contributed by atoms with Gasteiger partial charge < -0.3 is 9.72 Å². The molecule has 0 aliphatic carbocycles. The zero-order chi connectivity index (χ0) is 19.4. The molecule has 0 bridgehead atoms. The SMILES string of the molecule is CCOC(=O)c1[nH]c2ccc(S(=O)(=O)NCCc3ccccc3)cc2c1Cl. The molecule has 8 heteroatoms. The lowest BCUT2D eigenvalue weighted by molar-refractivity contribution is 0.0521. The minimum Gasteiger partial charge on any atom is -0.461 e. The van der Waals surface area contributed by atoms with Crippen molar-refractivity contribution in [1.82, 2.24) is 9.71 Å². The van der Waals surface area contributed by atoms with Gasteiger partial charge in [-0.3, -0.25) is 0 Å². The van der Waals surface area contributed by atoms with Gasteiger partial charge in [-0.2, -0.15) is 0 Å². The van der Waals surface area contributed by atoms with E-state index in [1.807, 2.05) is 30.3 Å². The summed E-state index contributed by atoms with van der Waals surface area (Å²) in [6.07, 6.45) is 0.584. The van der Waals surface area contributed by atoms with Crippen LogP contribution in [-0.2, 0) is 21.2 Å². The molecule has 0 aliphatic rings. The van der Waals surface area contributed by atoms with Crippen molar-refractivity contribution in [3.05, 3.63) is 64.8 Å². The molecule has 3 aromatic rings. The predicted octanol–water partition coefficient (Wildman–Crippen LogP) is 3.52. The zero-order valence-corrected chi connectivity index (χ0v) is 16.2. The number of rotatable bonds is 7. The Morgan fingerprint density at radius 2 is 1.93 bits per heavy atom. The van der Waals surface area contributed by atoms with E-state index in [0.29, 0.717) is 17.3 Å². The van der Waals surface area contributed by atoms with Gasteiger partial charge in [0.15, 0.2) is 0 Å². The maximum atomic E-state index is 12.6. The topological polar surface area (TPSA) is 88.3 Å². The lowest BCUT2D eigenvalue weighted by Gasteiger charge is -2.07. The standard InChI is InChI=1S/C19H19ClN2O4S/c1-2-26-19(23)18-17(20)15-12-14(8-9-16(15)22-18)27(24,25)21-11-10-13-6-4-3-5-7-13/h3-9,12,21-22H,2,10-11H2,1H3. The first-order valence-electron chi connectivity index (χ1n) is 8.44. The highest BCUT2D eigenvalue weighted by Crippen LogP contribution is 2.30. The molecular weight excluding hydrogens is 388 g/mol. The van der Waals surface area contributed by atoms with E-state index in [-0.39, 0.29) is 28.8 Å². The summed E-state index contributed by atoms with van der Waals surface area (Å²) in [5, 5.41) is 0.593. The molecule has 27 heavy (non-hydrogen) atoms. The number of aromatic nitrogens is 1. The molecule has 3 rings (SSSR count). The van der Waals surface area contributed by atoms with E-state index in [9.17, 15) is 13.2 Å². The molecule has 0 aliphatic heterocycles. The summed E-state index contributed by atoms with van der Waals surface area (Å²) in [4.78, 5) is 14.9. The van der Waals surface area contributed by atoms with E-state index in [1.165, 1.54) is 12.1 Å². The van der Waals surface area contributed by atoms with Gasteiger partial charge >= 0.3 is 5.97 Å². The fourth-order valence-corrected chi connectivity index (χ4v) is 4.05. The minimum absolute atomic E-state index is 0.0828. The second-order valence-corrected chi connectivity index (χ2v) is 8.02. The van der Waals surface area contributed by atoms with Crippen molar-refractivity contribution in [2.45, 2.75) is 18.2 Å². The van der Waals surface area contributed by atoms with Crippen LogP contribution in [0.4, 0.5) is 0 Å². The summed E-state index contributed by atoms with van der Waals surface area (Å²) in [5.74, 6) is -0.580. The maximum Gasteiger partial charge on any atom is 0.356 e. The first kappa shape index (κ1) is 19.4. The van der Waals surface area contributed by atoms with Crippen molar-refractivity contribution in [3.8, 4) is 0 Å². The number of benzene rings is 2. The fourth-order valence-electron chi connectivity index (χ4n) is 2.71. The summed E-state index contributed by atoms with van der Waals surface area (Å²) in [5.41, 5.74) is 1.72. The monoisotopic (exact) mass is 406 g/mol. The maximum absolute atomic E-state index is 12.6. The second kappa shape index (κ2) is 8.12. The number of aromatic amines is 1. The lowest BCUT2D eigenvalue weighted by atomic mass is 10.2. The van der Waals surface area contributed by atoms with Crippen LogP contribution in [0, 0.1) is 0 Å². The van der Waals surface area contributed by atoms with E-state index in [1.54, 1.807) is 13.0 Å². The Morgan fingerprint density at radius 1 is 1.19 bits per heavy atom.